The smallest absolute Gasteiger partial charge is 0.276 e. The Morgan fingerprint density at radius 2 is 1.33 bits per heavy atom. The van der Waals surface area contributed by atoms with Gasteiger partial charge in [-0.15, -0.1) is 0 Å². The minimum Gasteiger partial charge on any atom is -0.484 e. The van der Waals surface area contributed by atoms with Crippen molar-refractivity contribution < 1.29 is 23.5 Å². The van der Waals surface area contributed by atoms with Crippen LogP contribution >= 0.6 is 0 Å². The van der Waals surface area contributed by atoms with E-state index in [9.17, 15) is 18.8 Å². The molecule has 0 fully saturated rings. The van der Waals surface area contributed by atoms with Crippen molar-refractivity contribution in [2.75, 3.05) is 6.61 Å². The highest BCUT2D eigenvalue weighted by molar-refractivity contribution is 6.09. The van der Waals surface area contributed by atoms with E-state index in [1.807, 2.05) is 6.07 Å². The second kappa shape index (κ2) is 9.97. The van der Waals surface area contributed by atoms with Crippen LogP contribution < -0.4 is 15.6 Å². The van der Waals surface area contributed by atoms with Crippen molar-refractivity contribution in [1.29, 1.82) is 0 Å². The number of carbonyl (C=O) groups excluding carboxylic acids is 3. The number of amides is 2. The van der Waals surface area contributed by atoms with Gasteiger partial charge in [0.1, 0.15) is 11.6 Å². The van der Waals surface area contributed by atoms with Crippen LogP contribution in [0.1, 0.15) is 21.5 Å². The SMILES string of the molecule is O=C(COc1ccc(C(=O)c2ccccc2)cc1)NNC(=O)Cc1ccc(F)cc1. The fourth-order valence-corrected chi connectivity index (χ4v) is 2.61. The van der Waals surface area contributed by atoms with E-state index in [-0.39, 0.29) is 24.6 Å². The third kappa shape index (κ3) is 6.00. The predicted octanol–water partition coefficient (Wildman–Crippen LogP) is 2.83. The molecule has 152 valence electrons. The normalized spacial score (nSPS) is 10.2. The number of nitrogens with one attached hydrogen (secondary N) is 2. The van der Waals surface area contributed by atoms with Crippen LogP contribution in [0.3, 0.4) is 0 Å². The van der Waals surface area contributed by atoms with Crippen LogP contribution in [-0.2, 0) is 16.0 Å². The Labute approximate surface area is 172 Å². The summed E-state index contributed by atoms with van der Waals surface area (Å²) in [5.74, 6) is -1.08. The molecule has 0 saturated heterocycles. The lowest BCUT2D eigenvalue weighted by Gasteiger charge is -2.09. The first-order valence-corrected chi connectivity index (χ1v) is 9.16. The van der Waals surface area contributed by atoms with E-state index in [1.165, 1.54) is 24.3 Å². The topological polar surface area (TPSA) is 84.5 Å². The lowest BCUT2D eigenvalue weighted by molar-refractivity contribution is -0.129. The predicted molar refractivity (Wildman–Crippen MR) is 108 cm³/mol. The van der Waals surface area contributed by atoms with Gasteiger partial charge in [-0.2, -0.15) is 0 Å². The summed E-state index contributed by atoms with van der Waals surface area (Å²) in [4.78, 5) is 36.0. The maximum absolute atomic E-state index is 12.9. The minimum absolute atomic E-state index is 0.00166. The number of hydrogen-bond donors (Lipinski definition) is 2. The fourth-order valence-electron chi connectivity index (χ4n) is 2.61. The van der Waals surface area contributed by atoms with Crippen molar-refractivity contribution in [3.63, 3.8) is 0 Å². The highest BCUT2D eigenvalue weighted by Gasteiger charge is 2.10. The lowest BCUT2D eigenvalue weighted by Crippen LogP contribution is -2.44. The Morgan fingerprint density at radius 3 is 2.00 bits per heavy atom. The molecule has 0 aliphatic carbocycles. The maximum Gasteiger partial charge on any atom is 0.276 e. The molecule has 7 heteroatoms. The number of hydrogen-bond acceptors (Lipinski definition) is 4. The van der Waals surface area contributed by atoms with Crippen LogP contribution in [0.25, 0.3) is 0 Å². The Hall–Kier alpha value is -4.00. The van der Waals surface area contributed by atoms with E-state index < -0.39 is 11.8 Å². The van der Waals surface area contributed by atoms with Gasteiger partial charge in [0.15, 0.2) is 12.4 Å². The first kappa shape index (κ1) is 20.7. The molecule has 3 aromatic rings. The summed E-state index contributed by atoms with van der Waals surface area (Å²) in [6, 6.07) is 20.8. The second-order valence-corrected chi connectivity index (χ2v) is 6.41. The van der Waals surface area contributed by atoms with E-state index in [0.717, 1.165) is 0 Å². The second-order valence-electron chi connectivity index (χ2n) is 6.41. The first-order chi connectivity index (χ1) is 14.5. The van der Waals surface area contributed by atoms with Gasteiger partial charge in [-0.25, -0.2) is 4.39 Å². The van der Waals surface area contributed by atoms with Gasteiger partial charge >= 0.3 is 0 Å². The highest BCUT2D eigenvalue weighted by atomic mass is 19.1. The van der Waals surface area contributed by atoms with Gasteiger partial charge in [0.2, 0.25) is 5.91 Å². The molecule has 0 spiro atoms. The van der Waals surface area contributed by atoms with Gasteiger partial charge in [-0.05, 0) is 42.0 Å². The molecular weight excluding hydrogens is 387 g/mol. The average molecular weight is 406 g/mol. The van der Waals surface area contributed by atoms with Crippen LogP contribution in [0.2, 0.25) is 0 Å². The first-order valence-electron chi connectivity index (χ1n) is 9.16. The Balaban J connectivity index is 1.42. The van der Waals surface area contributed by atoms with Crippen molar-refractivity contribution in [2.24, 2.45) is 0 Å². The molecule has 2 amide bonds. The van der Waals surface area contributed by atoms with Crippen molar-refractivity contribution in [2.45, 2.75) is 6.42 Å². The highest BCUT2D eigenvalue weighted by Crippen LogP contribution is 2.15. The van der Waals surface area contributed by atoms with Crippen molar-refractivity contribution in [1.82, 2.24) is 10.9 Å². The molecule has 3 rings (SSSR count). The zero-order valence-corrected chi connectivity index (χ0v) is 15.9. The molecule has 0 bridgehead atoms. The largest absolute Gasteiger partial charge is 0.484 e. The van der Waals surface area contributed by atoms with Gasteiger partial charge in [-0.1, -0.05) is 42.5 Å². The van der Waals surface area contributed by atoms with Gasteiger partial charge in [-0.3, -0.25) is 25.2 Å². The molecule has 0 radical (unpaired) electrons. The summed E-state index contributed by atoms with van der Waals surface area (Å²) in [6.07, 6.45) is -0.00166. The lowest BCUT2D eigenvalue weighted by atomic mass is 10.0. The molecule has 3 aromatic carbocycles. The van der Waals surface area contributed by atoms with Crippen LogP contribution in [0, 0.1) is 5.82 Å². The zero-order valence-electron chi connectivity index (χ0n) is 15.9. The van der Waals surface area contributed by atoms with Gasteiger partial charge in [0.05, 0.1) is 6.42 Å². The summed E-state index contributed by atoms with van der Waals surface area (Å²) < 4.78 is 18.2. The van der Waals surface area contributed by atoms with Crippen LogP contribution in [-0.4, -0.2) is 24.2 Å². The zero-order chi connectivity index (χ0) is 21.3. The summed E-state index contributed by atoms with van der Waals surface area (Å²) in [7, 11) is 0. The number of rotatable bonds is 7. The van der Waals surface area contributed by atoms with E-state index in [4.69, 9.17) is 4.74 Å². The molecular formula is C23H19FN2O4. The van der Waals surface area contributed by atoms with Crippen LogP contribution in [0.4, 0.5) is 4.39 Å². The van der Waals surface area contributed by atoms with Crippen LogP contribution in [0.15, 0.2) is 78.9 Å². The van der Waals surface area contributed by atoms with E-state index in [0.29, 0.717) is 22.4 Å². The quantitative estimate of drug-likeness (QED) is 0.467. The molecule has 30 heavy (non-hydrogen) atoms. The van der Waals surface area contributed by atoms with Crippen molar-refractivity contribution >= 4 is 17.6 Å². The number of hydrazine groups is 1. The molecule has 0 atom stereocenters. The molecule has 0 aliphatic rings. The van der Waals surface area contributed by atoms with E-state index in [2.05, 4.69) is 10.9 Å². The molecule has 0 unspecified atom stereocenters. The minimum atomic E-state index is -0.549. The van der Waals surface area contributed by atoms with E-state index in [1.54, 1.807) is 48.5 Å². The van der Waals surface area contributed by atoms with E-state index >= 15 is 0 Å². The fraction of sp³-hybridized carbons (Fsp3) is 0.0870. The number of ether oxygens (including phenoxy) is 1. The molecule has 0 saturated carbocycles. The van der Waals surface area contributed by atoms with Crippen molar-refractivity contribution in [3.8, 4) is 5.75 Å². The van der Waals surface area contributed by atoms with Crippen molar-refractivity contribution in [3.05, 3.63) is 101 Å². The number of carbonyl (C=O) groups is 3. The molecule has 6 nitrogen and oxygen atoms in total. The van der Waals surface area contributed by atoms with Gasteiger partial charge in [0, 0.05) is 11.1 Å². The third-order valence-electron chi connectivity index (χ3n) is 4.14. The van der Waals surface area contributed by atoms with Crippen LogP contribution in [0.5, 0.6) is 5.75 Å². The molecule has 0 heterocycles. The summed E-state index contributed by atoms with van der Waals surface area (Å²) in [5, 5.41) is 0. The van der Waals surface area contributed by atoms with Gasteiger partial charge in [0.25, 0.3) is 5.91 Å². The third-order valence-corrected chi connectivity index (χ3v) is 4.14. The summed E-state index contributed by atoms with van der Waals surface area (Å²) >= 11 is 0. The molecule has 0 aromatic heterocycles. The van der Waals surface area contributed by atoms with Gasteiger partial charge < -0.3 is 4.74 Å². The Morgan fingerprint density at radius 1 is 0.733 bits per heavy atom. The number of halogens is 1. The monoisotopic (exact) mass is 406 g/mol. The maximum atomic E-state index is 12.9. The number of ketones is 1. The molecule has 0 aliphatic heterocycles. The number of benzene rings is 3. The summed E-state index contributed by atoms with van der Waals surface area (Å²) in [5.41, 5.74) is 6.22. The Kier molecular flexibility index (Phi) is 6.89. The Bertz CT molecular complexity index is 1020. The average Bonchev–Trinajstić information content (AvgIpc) is 2.78. The summed E-state index contributed by atoms with van der Waals surface area (Å²) in [6.45, 7) is -0.317. The molecule has 2 N–H and O–H groups in total. The standard InChI is InChI=1S/C23H19FN2O4/c24-19-10-6-16(7-11-19)14-21(27)25-26-22(28)15-30-20-12-8-18(9-13-20)23(29)17-4-2-1-3-5-17/h1-13H,14-15H2,(H,25,27)(H,26,28).